The molecule has 1 atom stereocenters. The number of amides is 1. The molecule has 5 rings (SSSR count). The lowest BCUT2D eigenvalue weighted by atomic mass is 10.2. The molecular formula is C24H24N6O3S. The molecule has 9 nitrogen and oxygen atoms in total. The number of hydrogen-bond acceptors (Lipinski definition) is 7. The summed E-state index contributed by atoms with van der Waals surface area (Å²) in [5.41, 5.74) is 2.86. The van der Waals surface area contributed by atoms with Crippen molar-refractivity contribution in [2.75, 3.05) is 17.7 Å². The summed E-state index contributed by atoms with van der Waals surface area (Å²) in [6.45, 7) is 4.27. The molecule has 2 aromatic carbocycles. The highest BCUT2D eigenvalue weighted by Gasteiger charge is 2.27. The third-order valence-electron chi connectivity index (χ3n) is 5.38. The highest BCUT2D eigenvalue weighted by molar-refractivity contribution is 7.99. The summed E-state index contributed by atoms with van der Waals surface area (Å²) in [5.74, 6) is 2.68. The topological polar surface area (TPSA) is 96.1 Å². The summed E-state index contributed by atoms with van der Waals surface area (Å²) < 4.78 is 15.4. The van der Waals surface area contributed by atoms with Crippen molar-refractivity contribution in [3.05, 3.63) is 71.7 Å². The quantitative estimate of drug-likeness (QED) is 0.422. The van der Waals surface area contributed by atoms with Crippen LogP contribution in [0, 0.1) is 13.8 Å². The molecule has 174 valence electrons. The Balaban J connectivity index is 1.23. The average Bonchev–Trinajstić information content (AvgIpc) is 3.39. The van der Waals surface area contributed by atoms with E-state index in [0.717, 1.165) is 16.9 Å². The van der Waals surface area contributed by atoms with Crippen molar-refractivity contribution in [3.8, 4) is 17.2 Å². The molecular weight excluding hydrogens is 452 g/mol. The van der Waals surface area contributed by atoms with Gasteiger partial charge >= 0.3 is 0 Å². The van der Waals surface area contributed by atoms with Crippen molar-refractivity contribution < 1.29 is 14.3 Å². The van der Waals surface area contributed by atoms with E-state index in [9.17, 15) is 4.79 Å². The Bertz CT molecular complexity index is 1330. The first-order valence-corrected chi connectivity index (χ1v) is 11.8. The van der Waals surface area contributed by atoms with E-state index in [-0.39, 0.29) is 17.8 Å². The third-order valence-corrected chi connectivity index (χ3v) is 6.40. The predicted octanol–water partition coefficient (Wildman–Crippen LogP) is 3.86. The van der Waals surface area contributed by atoms with Gasteiger partial charge in [0.15, 0.2) is 28.6 Å². The monoisotopic (exact) mass is 476 g/mol. The molecule has 10 heteroatoms. The number of aryl methyl sites for hydroxylation is 2. The Hall–Kier alpha value is -3.79. The lowest BCUT2D eigenvalue weighted by molar-refractivity contribution is -0.113. The van der Waals surface area contributed by atoms with E-state index >= 15 is 0 Å². The number of para-hydroxylation sites is 2. The van der Waals surface area contributed by atoms with Crippen LogP contribution in [0.2, 0.25) is 0 Å². The largest absolute Gasteiger partial charge is 0.485 e. The minimum atomic E-state index is -0.373. The SMILES string of the molecule is Cc1ccc(-n2nc(C)cc2NC(=O)CSc2nnc([C@@H]3COc4ccccc4O3)n2C)cc1. The first-order valence-electron chi connectivity index (χ1n) is 10.8. The van der Waals surface area contributed by atoms with E-state index in [1.54, 1.807) is 4.68 Å². The zero-order valence-electron chi connectivity index (χ0n) is 19.1. The van der Waals surface area contributed by atoms with Crippen molar-refractivity contribution in [1.82, 2.24) is 24.5 Å². The van der Waals surface area contributed by atoms with Crippen molar-refractivity contribution in [3.63, 3.8) is 0 Å². The van der Waals surface area contributed by atoms with Gasteiger partial charge in [0.2, 0.25) is 5.91 Å². The molecule has 3 heterocycles. The van der Waals surface area contributed by atoms with Crippen molar-refractivity contribution in [2.24, 2.45) is 7.05 Å². The fourth-order valence-electron chi connectivity index (χ4n) is 3.66. The van der Waals surface area contributed by atoms with Gasteiger partial charge in [0.1, 0.15) is 12.4 Å². The molecule has 0 fully saturated rings. The van der Waals surface area contributed by atoms with Crippen LogP contribution in [0.4, 0.5) is 5.82 Å². The predicted molar refractivity (Wildman–Crippen MR) is 129 cm³/mol. The Labute approximate surface area is 201 Å². The molecule has 4 aromatic rings. The second-order valence-electron chi connectivity index (χ2n) is 8.02. The minimum Gasteiger partial charge on any atom is -0.485 e. The number of carbonyl (C=O) groups is 1. The standard InChI is InChI=1S/C24H24N6O3S/c1-15-8-10-17(11-9-15)30-21(12-16(2)28-30)25-22(31)14-34-24-27-26-23(29(24)3)20-13-32-18-6-4-5-7-19(18)33-20/h4-12,20H,13-14H2,1-3H3,(H,25,31)/t20-/m0/s1. The second kappa shape index (κ2) is 9.22. The molecule has 0 spiro atoms. The third kappa shape index (κ3) is 4.49. The number of carbonyl (C=O) groups excluding carboxylic acids is 1. The summed E-state index contributed by atoms with van der Waals surface area (Å²) in [7, 11) is 1.86. The Morgan fingerprint density at radius 3 is 2.68 bits per heavy atom. The molecule has 1 amide bonds. The van der Waals surface area contributed by atoms with Gasteiger partial charge in [0.25, 0.3) is 0 Å². The van der Waals surface area contributed by atoms with Crippen LogP contribution in [0.25, 0.3) is 5.69 Å². The molecule has 2 aromatic heterocycles. The molecule has 0 aliphatic carbocycles. The first-order chi connectivity index (χ1) is 16.5. The minimum absolute atomic E-state index is 0.158. The number of thioether (sulfide) groups is 1. The summed E-state index contributed by atoms with van der Waals surface area (Å²) in [5, 5.41) is 16.6. The van der Waals surface area contributed by atoms with Gasteiger partial charge in [-0.3, -0.25) is 4.79 Å². The van der Waals surface area contributed by atoms with E-state index in [0.29, 0.717) is 34.9 Å². The van der Waals surface area contributed by atoms with Crippen LogP contribution in [0.5, 0.6) is 11.5 Å². The van der Waals surface area contributed by atoms with Crippen molar-refractivity contribution in [2.45, 2.75) is 25.1 Å². The van der Waals surface area contributed by atoms with E-state index in [1.807, 2.05) is 80.1 Å². The second-order valence-corrected chi connectivity index (χ2v) is 8.96. The van der Waals surface area contributed by atoms with Gasteiger partial charge in [-0.15, -0.1) is 10.2 Å². The van der Waals surface area contributed by atoms with E-state index in [1.165, 1.54) is 11.8 Å². The van der Waals surface area contributed by atoms with Crippen LogP contribution in [0.3, 0.4) is 0 Å². The molecule has 0 saturated heterocycles. The van der Waals surface area contributed by atoms with Gasteiger partial charge in [-0.1, -0.05) is 41.6 Å². The van der Waals surface area contributed by atoms with Crippen LogP contribution < -0.4 is 14.8 Å². The van der Waals surface area contributed by atoms with Gasteiger partial charge in [-0.2, -0.15) is 5.10 Å². The Morgan fingerprint density at radius 1 is 1.12 bits per heavy atom. The van der Waals surface area contributed by atoms with Crippen LogP contribution in [0.1, 0.15) is 23.2 Å². The highest BCUT2D eigenvalue weighted by atomic mass is 32.2. The zero-order chi connectivity index (χ0) is 23.7. The average molecular weight is 477 g/mol. The lowest BCUT2D eigenvalue weighted by Crippen LogP contribution is -2.24. The molecule has 0 radical (unpaired) electrons. The van der Waals surface area contributed by atoms with Crippen LogP contribution >= 0.6 is 11.8 Å². The summed E-state index contributed by atoms with van der Waals surface area (Å²) in [4.78, 5) is 12.7. The normalized spacial score (nSPS) is 14.7. The number of nitrogens with one attached hydrogen (secondary N) is 1. The van der Waals surface area contributed by atoms with Gasteiger partial charge in [-0.25, -0.2) is 4.68 Å². The van der Waals surface area contributed by atoms with Crippen LogP contribution in [-0.4, -0.2) is 42.8 Å². The summed E-state index contributed by atoms with van der Waals surface area (Å²) in [6.07, 6.45) is -0.373. The van der Waals surface area contributed by atoms with Crippen LogP contribution in [0.15, 0.2) is 59.8 Å². The molecule has 1 N–H and O–H groups in total. The van der Waals surface area contributed by atoms with E-state index in [4.69, 9.17) is 9.47 Å². The summed E-state index contributed by atoms with van der Waals surface area (Å²) in [6, 6.07) is 17.4. The molecule has 1 aliphatic rings. The smallest absolute Gasteiger partial charge is 0.236 e. The highest BCUT2D eigenvalue weighted by Crippen LogP contribution is 2.35. The fourth-order valence-corrected chi connectivity index (χ4v) is 4.38. The lowest BCUT2D eigenvalue weighted by Gasteiger charge is -2.25. The molecule has 0 saturated carbocycles. The maximum absolute atomic E-state index is 12.7. The van der Waals surface area contributed by atoms with E-state index in [2.05, 4.69) is 20.6 Å². The molecule has 34 heavy (non-hydrogen) atoms. The number of aromatic nitrogens is 5. The number of rotatable bonds is 6. The molecule has 0 bridgehead atoms. The Kier molecular flexibility index (Phi) is 5.97. The number of hydrogen-bond donors (Lipinski definition) is 1. The van der Waals surface area contributed by atoms with E-state index < -0.39 is 0 Å². The van der Waals surface area contributed by atoms with Crippen molar-refractivity contribution in [1.29, 1.82) is 0 Å². The number of nitrogens with zero attached hydrogens (tertiary/aromatic N) is 5. The van der Waals surface area contributed by atoms with Crippen molar-refractivity contribution >= 4 is 23.5 Å². The maximum atomic E-state index is 12.7. The van der Waals surface area contributed by atoms with Gasteiger partial charge in [-0.05, 0) is 38.1 Å². The summed E-state index contributed by atoms with van der Waals surface area (Å²) >= 11 is 1.31. The van der Waals surface area contributed by atoms with Gasteiger partial charge in [0, 0.05) is 13.1 Å². The number of anilines is 1. The number of benzene rings is 2. The molecule has 1 aliphatic heterocycles. The van der Waals surface area contributed by atoms with Gasteiger partial charge < -0.3 is 19.4 Å². The Morgan fingerprint density at radius 2 is 1.88 bits per heavy atom. The number of ether oxygens (including phenoxy) is 2. The van der Waals surface area contributed by atoms with Gasteiger partial charge in [0.05, 0.1) is 17.1 Å². The first kappa shape index (κ1) is 22.0. The van der Waals surface area contributed by atoms with Crippen LogP contribution in [-0.2, 0) is 11.8 Å². The fraction of sp³-hybridized carbons (Fsp3) is 0.250. The molecule has 0 unspecified atom stereocenters. The maximum Gasteiger partial charge on any atom is 0.236 e. The zero-order valence-corrected chi connectivity index (χ0v) is 19.9. The number of fused-ring (bicyclic) bond motifs is 1.